The van der Waals surface area contributed by atoms with E-state index in [0.29, 0.717) is 37.8 Å². The molecule has 0 spiro atoms. The summed E-state index contributed by atoms with van der Waals surface area (Å²) in [7, 11) is -4.02. The van der Waals surface area contributed by atoms with E-state index in [1.165, 1.54) is 32.2 Å². The number of ether oxygens (including phenoxy) is 2. The van der Waals surface area contributed by atoms with Crippen LogP contribution in [0.5, 0.6) is 11.5 Å². The predicted octanol–water partition coefficient (Wildman–Crippen LogP) is 5.14. The number of benzene rings is 2. The monoisotopic (exact) mass is 557 g/mol. The Kier molecular flexibility index (Phi) is 11.7. The lowest BCUT2D eigenvalue weighted by Gasteiger charge is -2.25. The summed E-state index contributed by atoms with van der Waals surface area (Å²) in [5, 5.41) is 12.6. The molecule has 0 fully saturated rings. The van der Waals surface area contributed by atoms with Gasteiger partial charge >= 0.3 is 19.2 Å². The molecule has 0 aliphatic heterocycles. The summed E-state index contributed by atoms with van der Waals surface area (Å²) in [4.78, 5) is 33.7. The molecule has 0 saturated carbocycles. The molecular formula is C26H34F2NO8P. The van der Waals surface area contributed by atoms with Crippen LogP contribution in [-0.4, -0.2) is 48.2 Å². The lowest BCUT2D eigenvalue weighted by molar-refractivity contribution is -0.121. The first-order chi connectivity index (χ1) is 17.9. The highest BCUT2D eigenvalue weighted by atomic mass is 31.2. The Balaban J connectivity index is 1.74. The van der Waals surface area contributed by atoms with Crippen molar-refractivity contribution in [3.8, 4) is 11.5 Å². The second-order valence-electron chi connectivity index (χ2n) is 8.63. The van der Waals surface area contributed by atoms with Gasteiger partial charge in [-0.15, -0.1) is 0 Å². The smallest absolute Gasteiger partial charge is 0.402 e. The standard InChI is InChI=1S/C26H34F2NO8P/c1-4-18(2)37-38(33,34)26(27,28)20-13-10-19(11-14-20)12-15-23(31)29-16-5-6-17-36-22-9-7-8-21(30)24(22)25(32)35-3/h7-11,13-14,18,30H,4-6,12,15-17H2,1-3H3,(H,29,31)(H,33,34). The lowest BCUT2D eigenvalue weighted by Crippen LogP contribution is -2.25. The van der Waals surface area contributed by atoms with Crippen LogP contribution in [0.25, 0.3) is 0 Å². The van der Waals surface area contributed by atoms with Crippen molar-refractivity contribution in [1.82, 2.24) is 5.32 Å². The average Bonchev–Trinajstić information content (AvgIpc) is 2.88. The first-order valence-electron chi connectivity index (χ1n) is 12.2. The molecule has 9 nitrogen and oxygen atoms in total. The van der Waals surface area contributed by atoms with E-state index in [-0.39, 0.29) is 36.0 Å². The molecule has 0 radical (unpaired) electrons. The van der Waals surface area contributed by atoms with E-state index in [0.717, 1.165) is 12.1 Å². The van der Waals surface area contributed by atoms with E-state index in [9.17, 15) is 32.9 Å². The number of phenols is 1. The maximum absolute atomic E-state index is 14.5. The van der Waals surface area contributed by atoms with Gasteiger partial charge in [-0.1, -0.05) is 37.3 Å². The van der Waals surface area contributed by atoms with Crippen LogP contribution in [0.1, 0.15) is 61.0 Å². The van der Waals surface area contributed by atoms with Crippen molar-refractivity contribution in [2.45, 2.75) is 57.7 Å². The lowest BCUT2D eigenvalue weighted by atomic mass is 10.1. The number of aryl methyl sites for hydroxylation is 1. The third-order valence-corrected chi connectivity index (χ3v) is 7.35. The van der Waals surface area contributed by atoms with Crippen molar-refractivity contribution < 1.29 is 46.9 Å². The summed E-state index contributed by atoms with van der Waals surface area (Å²) >= 11 is 0. The fraction of sp³-hybridized carbons (Fsp3) is 0.462. The van der Waals surface area contributed by atoms with E-state index in [1.807, 2.05) is 0 Å². The molecule has 0 aliphatic rings. The highest BCUT2D eigenvalue weighted by Crippen LogP contribution is 2.63. The maximum atomic E-state index is 14.5. The van der Waals surface area contributed by atoms with Crippen LogP contribution in [0, 0.1) is 0 Å². The molecule has 12 heteroatoms. The third-order valence-electron chi connectivity index (χ3n) is 5.74. The van der Waals surface area contributed by atoms with Crippen molar-refractivity contribution in [2.24, 2.45) is 0 Å². The van der Waals surface area contributed by atoms with Crippen LogP contribution < -0.4 is 10.1 Å². The average molecular weight is 558 g/mol. The number of alkyl halides is 2. The largest absolute Gasteiger partial charge is 0.507 e. The zero-order valence-electron chi connectivity index (χ0n) is 21.6. The summed E-state index contributed by atoms with van der Waals surface area (Å²) in [6.07, 6.45) is 1.12. The zero-order valence-corrected chi connectivity index (χ0v) is 22.5. The first-order valence-corrected chi connectivity index (χ1v) is 13.8. The van der Waals surface area contributed by atoms with Crippen molar-refractivity contribution in [1.29, 1.82) is 0 Å². The molecule has 0 aromatic heterocycles. The quantitative estimate of drug-likeness (QED) is 0.156. The topological polar surface area (TPSA) is 131 Å². The van der Waals surface area contributed by atoms with Crippen molar-refractivity contribution >= 4 is 19.5 Å². The van der Waals surface area contributed by atoms with E-state index in [2.05, 4.69) is 10.1 Å². The van der Waals surface area contributed by atoms with Gasteiger partial charge in [0.1, 0.15) is 17.1 Å². The number of carbonyl (C=O) groups excluding carboxylic acids is 2. The number of hydrogen-bond acceptors (Lipinski definition) is 7. The molecule has 0 saturated heterocycles. The normalized spacial score (nSPS) is 13.8. The van der Waals surface area contributed by atoms with Crippen LogP contribution in [0.2, 0.25) is 0 Å². The van der Waals surface area contributed by atoms with Crippen LogP contribution in [0.15, 0.2) is 42.5 Å². The van der Waals surface area contributed by atoms with E-state index >= 15 is 0 Å². The van der Waals surface area contributed by atoms with Gasteiger partial charge < -0.3 is 29.3 Å². The summed E-state index contributed by atoms with van der Waals surface area (Å²) < 4.78 is 56.1. The molecule has 2 unspecified atom stereocenters. The number of amides is 1. The summed E-state index contributed by atoms with van der Waals surface area (Å²) in [6, 6.07) is 9.36. The third kappa shape index (κ3) is 8.51. The Morgan fingerprint density at radius 3 is 2.45 bits per heavy atom. The molecule has 0 heterocycles. The molecule has 3 N–H and O–H groups in total. The highest BCUT2D eigenvalue weighted by Gasteiger charge is 2.53. The molecule has 210 valence electrons. The Labute approximate surface area is 220 Å². The Morgan fingerprint density at radius 1 is 1.13 bits per heavy atom. The number of methoxy groups -OCH3 is 1. The van der Waals surface area contributed by atoms with Gasteiger partial charge in [0.15, 0.2) is 0 Å². The molecule has 1 amide bonds. The second-order valence-corrected chi connectivity index (χ2v) is 10.4. The van der Waals surface area contributed by atoms with Gasteiger partial charge in [0.2, 0.25) is 5.91 Å². The Morgan fingerprint density at radius 2 is 1.82 bits per heavy atom. The van der Waals surface area contributed by atoms with Crippen molar-refractivity contribution in [3.05, 3.63) is 59.2 Å². The first kappa shape index (κ1) is 31.2. The fourth-order valence-corrected chi connectivity index (χ4v) is 4.59. The summed E-state index contributed by atoms with van der Waals surface area (Å²) in [6.45, 7) is 3.74. The Hall–Kier alpha value is -3.01. The van der Waals surface area contributed by atoms with Gasteiger partial charge in [-0.25, -0.2) is 4.79 Å². The Bertz CT molecular complexity index is 1130. The number of nitrogens with one attached hydrogen (secondary N) is 1. The van der Waals surface area contributed by atoms with Gasteiger partial charge in [-0.3, -0.25) is 9.36 Å². The summed E-state index contributed by atoms with van der Waals surface area (Å²) in [5.41, 5.74) is -4.12. The molecule has 0 bridgehead atoms. The SMILES string of the molecule is CCC(C)OP(=O)(O)C(F)(F)c1ccc(CCC(=O)NCCCCOc2cccc(O)c2C(=O)OC)cc1. The number of unbranched alkanes of at least 4 members (excludes halogenated alkanes) is 1. The number of esters is 1. The molecule has 0 aliphatic carbocycles. The number of carbonyl (C=O) groups is 2. The minimum absolute atomic E-state index is 0.0511. The number of aromatic hydroxyl groups is 1. The van der Waals surface area contributed by atoms with Crippen LogP contribution in [0.4, 0.5) is 8.78 Å². The van der Waals surface area contributed by atoms with Crippen molar-refractivity contribution in [3.63, 3.8) is 0 Å². The van der Waals surface area contributed by atoms with Gasteiger partial charge in [0.25, 0.3) is 0 Å². The highest BCUT2D eigenvalue weighted by molar-refractivity contribution is 7.53. The van der Waals surface area contributed by atoms with Crippen LogP contribution in [0.3, 0.4) is 0 Å². The molecule has 2 rings (SSSR count). The predicted molar refractivity (Wildman–Crippen MR) is 137 cm³/mol. The minimum atomic E-state index is -5.22. The van der Waals surface area contributed by atoms with E-state index in [1.54, 1.807) is 19.1 Å². The molecule has 2 aromatic carbocycles. The molecule has 2 atom stereocenters. The summed E-state index contributed by atoms with van der Waals surface area (Å²) in [5.74, 6) is -0.968. The maximum Gasteiger partial charge on any atom is 0.402 e. The van der Waals surface area contributed by atoms with Gasteiger partial charge in [-0.05, 0) is 50.3 Å². The molecule has 2 aromatic rings. The second kappa shape index (κ2) is 14.2. The van der Waals surface area contributed by atoms with Gasteiger partial charge in [0.05, 0.1) is 19.8 Å². The molecular weight excluding hydrogens is 523 g/mol. The van der Waals surface area contributed by atoms with Gasteiger partial charge in [-0.2, -0.15) is 8.78 Å². The van der Waals surface area contributed by atoms with Gasteiger partial charge in [0, 0.05) is 18.5 Å². The van der Waals surface area contributed by atoms with E-state index in [4.69, 9.17) is 9.26 Å². The number of rotatable bonds is 15. The fourth-order valence-electron chi connectivity index (χ4n) is 3.35. The number of phenolic OH excluding ortho intramolecular Hbond substituents is 1. The van der Waals surface area contributed by atoms with E-state index < -0.39 is 30.9 Å². The van der Waals surface area contributed by atoms with Crippen LogP contribution in [-0.2, 0) is 30.7 Å². The van der Waals surface area contributed by atoms with Crippen molar-refractivity contribution in [2.75, 3.05) is 20.3 Å². The number of hydrogen-bond donors (Lipinski definition) is 3. The molecule has 38 heavy (non-hydrogen) atoms. The zero-order chi connectivity index (χ0) is 28.3. The van der Waals surface area contributed by atoms with Crippen LogP contribution >= 0.6 is 7.60 Å². The minimum Gasteiger partial charge on any atom is -0.507 e. The number of halogens is 2.